The van der Waals surface area contributed by atoms with Crippen LogP contribution in [0.4, 0.5) is 16.2 Å². The lowest BCUT2D eigenvalue weighted by molar-refractivity contribution is -0.116. The number of nitrogens with zero attached hydrogens (tertiary/aromatic N) is 2. The number of amides is 3. The number of carbonyl (C=O) groups is 2. The average molecular weight is 426 g/mol. The number of urea groups is 1. The molecule has 3 amide bonds. The molecule has 156 valence electrons. The van der Waals surface area contributed by atoms with Crippen LogP contribution in [0.25, 0.3) is 10.2 Å². The molecule has 4 rings (SSSR count). The van der Waals surface area contributed by atoms with E-state index in [4.69, 9.17) is 0 Å². The van der Waals surface area contributed by atoms with Crippen LogP contribution >= 0.6 is 11.3 Å². The molecule has 0 atom stereocenters. The number of hydrogen-bond acceptors (Lipinski definition) is 5. The van der Waals surface area contributed by atoms with Crippen molar-refractivity contribution in [2.75, 3.05) is 17.7 Å². The van der Waals surface area contributed by atoms with Gasteiger partial charge in [-0.15, -0.1) is 11.3 Å². The number of thiophene rings is 1. The summed E-state index contributed by atoms with van der Waals surface area (Å²) in [5.41, 5.74) is 2.34. The SMILES string of the molecule is CNC(=O)Nc1ccc(NC(=O)CCn2cnc3sc4c(c3c2=O)CCCC4)cc1. The summed E-state index contributed by atoms with van der Waals surface area (Å²) >= 11 is 1.62. The largest absolute Gasteiger partial charge is 0.341 e. The zero-order chi connectivity index (χ0) is 21.1. The molecule has 2 heterocycles. The molecule has 0 radical (unpaired) electrons. The first-order valence-corrected chi connectivity index (χ1v) is 10.7. The maximum atomic E-state index is 12.9. The lowest BCUT2D eigenvalue weighted by Gasteiger charge is -2.11. The van der Waals surface area contributed by atoms with Crippen LogP contribution in [0.1, 0.15) is 29.7 Å². The third kappa shape index (κ3) is 4.20. The summed E-state index contributed by atoms with van der Waals surface area (Å²) in [6, 6.07) is 6.51. The highest BCUT2D eigenvalue weighted by Crippen LogP contribution is 2.33. The molecule has 1 aliphatic carbocycles. The predicted octanol–water partition coefficient (Wildman–Crippen LogP) is 3.12. The monoisotopic (exact) mass is 425 g/mol. The van der Waals surface area contributed by atoms with Crippen molar-refractivity contribution in [3.05, 3.63) is 51.4 Å². The van der Waals surface area contributed by atoms with E-state index >= 15 is 0 Å². The van der Waals surface area contributed by atoms with Gasteiger partial charge in [-0.1, -0.05) is 0 Å². The Morgan fingerprint density at radius 2 is 1.80 bits per heavy atom. The summed E-state index contributed by atoms with van der Waals surface area (Å²) in [5, 5.41) is 8.66. The Morgan fingerprint density at radius 3 is 2.53 bits per heavy atom. The number of hydrogen-bond donors (Lipinski definition) is 3. The van der Waals surface area contributed by atoms with E-state index in [1.807, 2.05) is 0 Å². The standard InChI is InChI=1S/C21H23N5O3S/c1-22-21(29)25-14-8-6-13(7-9-14)24-17(27)10-11-26-12-23-19-18(20(26)28)15-4-2-3-5-16(15)30-19/h6-9,12H,2-5,10-11H2,1H3,(H,24,27)(H2,22,25,29). The fourth-order valence-electron chi connectivity index (χ4n) is 3.62. The topological polar surface area (TPSA) is 105 Å². The number of carbonyl (C=O) groups excluding carboxylic acids is 2. The van der Waals surface area contributed by atoms with Crippen molar-refractivity contribution in [3.8, 4) is 0 Å². The predicted molar refractivity (Wildman–Crippen MR) is 118 cm³/mol. The van der Waals surface area contributed by atoms with Crippen molar-refractivity contribution in [2.24, 2.45) is 0 Å². The molecule has 0 unspecified atom stereocenters. The minimum atomic E-state index is -0.310. The third-order valence-electron chi connectivity index (χ3n) is 5.18. The van der Waals surface area contributed by atoms with Crippen LogP contribution in [0.15, 0.2) is 35.4 Å². The van der Waals surface area contributed by atoms with Crippen molar-refractivity contribution in [1.29, 1.82) is 0 Å². The second-order valence-corrected chi connectivity index (χ2v) is 8.30. The molecule has 3 N–H and O–H groups in total. The smallest absolute Gasteiger partial charge is 0.318 e. The summed E-state index contributed by atoms with van der Waals surface area (Å²) in [6.45, 7) is 0.272. The molecule has 0 bridgehead atoms. The Kier molecular flexibility index (Phi) is 5.80. The van der Waals surface area contributed by atoms with Crippen LogP contribution in [-0.4, -0.2) is 28.5 Å². The summed E-state index contributed by atoms with van der Waals surface area (Å²) in [5.74, 6) is -0.193. The molecular formula is C21H23N5O3S. The summed E-state index contributed by atoms with van der Waals surface area (Å²) < 4.78 is 1.53. The molecule has 30 heavy (non-hydrogen) atoms. The van der Waals surface area contributed by atoms with E-state index < -0.39 is 0 Å². The first-order valence-electron chi connectivity index (χ1n) is 9.93. The highest BCUT2D eigenvalue weighted by Gasteiger charge is 2.20. The summed E-state index contributed by atoms with van der Waals surface area (Å²) in [6.07, 6.45) is 5.93. The maximum absolute atomic E-state index is 12.9. The van der Waals surface area contributed by atoms with Gasteiger partial charge in [0.15, 0.2) is 0 Å². The fourth-order valence-corrected chi connectivity index (χ4v) is 4.84. The van der Waals surface area contributed by atoms with Crippen molar-refractivity contribution in [1.82, 2.24) is 14.9 Å². The number of aromatic nitrogens is 2. The second kappa shape index (κ2) is 8.66. The Bertz CT molecular complexity index is 1150. The van der Waals surface area contributed by atoms with E-state index in [-0.39, 0.29) is 30.5 Å². The summed E-state index contributed by atoms with van der Waals surface area (Å²) in [7, 11) is 1.54. The van der Waals surface area contributed by atoms with E-state index in [2.05, 4.69) is 20.9 Å². The number of nitrogens with one attached hydrogen (secondary N) is 3. The molecular weight excluding hydrogens is 402 g/mol. The van der Waals surface area contributed by atoms with Gasteiger partial charge in [0.25, 0.3) is 5.56 Å². The Balaban J connectivity index is 1.40. The van der Waals surface area contributed by atoms with Gasteiger partial charge in [0.1, 0.15) is 4.83 Å². The van der Waals surface area contributed by atoms with Gasteiger partial charge < -0.3 is 16.0 Å². The fraction of sp³-hybridized carbons (Fsp3) is 0.333. The lowest BCUT2D eigenvalue weighted by Crippen LogP contribution is -2.24. The quantitative estimate of drug-likeness (QED) is 0.584. The maximum Gasteiger partial charge on any atom is 0.318 e. The molecule has 0 fully saturated rings. The molecule has 9 heteroatoms. The number of rotatable bonds is 5. The first-order chi connectivity index (χ1) is 14.5. The Hall–Kier alpha value is -3.20. The van der Waals surface area contributed by atoms with Crippen LogP contribution in [0.5, 0.6) is 0 Å². The van der Waals surface area contributed by atoms with Gasteiger partial charge in [0, 0.05) is 36.3 Å². The molecule has 0 spiro atoms. The highest BCUT2D eigenvalue weighted by atomic mass is 32.1. The van der Waals surface area contributed by atoms with Crippen molar-refractivity contribution >= 4 is 44.9 Å². The molecule has 0 aliphatic heterocycles. The zero-order valence-electron chi connectivity index (χ0n) is 16.7. The van der Waals surface area contributed by atoms with Gasteiger partial charge in [0.05, 0.1) is 11.7 Å². The molecule has 2 aromatic heterocycles. The van der Waals surface area contributed by atoms with E-state index in [1.165, 1.54) is 16.5 Å². The third-order valence-corrected chi connectivity index (χ3v) is 6.37. The van der Waals surface area contributed by atoms with Gasteiger partial charge in [0.2, 0.25) is 5.91 Å². The Labute approximate surface area is 177 Å². The number of benzene rings is 1. The van der Waals surface area contributed by atoms with E-state index in [0.717, 1.165) is 41.5 Å². The van der Waals surface area contributed by atoms with Gasteiger partial charge in [-0.2, -0.15) is 0 Å². The molecule has 1 aromatic carbocycles. The first kappa shape index (κ1) is 20.1. The van der Waals surface area contributed by atoms with Crippen LogP contribution in [0, 0.1) is 0 Å². The molecule has 1 aliphatic rings. The zero-order valence-corrected chi connectivity index (χ0v) is 17.5. The van der Waals surface area contributed by atoms with Crippen LogP contribution < -0.4 is 21.5 Å². The van der Waals surface area contributed by atoms with E-state index in [9.17, 15) is 14.4 Å². The van der Waals surface area contributed by atoms with Crippen LogP contribution in [-0.2, 0) is 24.2 Å². The second-order valence-electron chi connectivity index (χ2n) is 7.21. The number of aryl methyl sites for hydroxylation is 3. The molecule has 0 saturated carbocycles. The van der Waals surface area contributed by atoms with Gasteiger partial charge in [-0.25, -0.2) is 9.78 Å². The molecule has 8 nitrogen and oxygen atoms in total. The normalized spacial score (nSPS) is 13.0. The van der Waals surface area contributed by atoms with Gasteiger partial charge in [-0.3, -0.25) is 14.2 Å². The number of fused-ring (bicyclic) bond motifs is 3. The van der Waals surface area contributed by atoms with E-state index in [1.54, 1.807) is 41.9 Å². The van der Waals surface area contributed by atoms with E-state index in [0.29, 0.717) is 11.4 Å². The van der Waals surface area contributed by atoms with Crippen molar-refractivity contribution < 1.29 is 9.59 Å². The van der Waals surface area contributed by atoms with Crippen molar-refractivity contribution in [3.63, 3.8) is 0 Å². The average Bonchev–Trinajstić information content (AvgIpc) is 3.14. The molecule has 0 saturated heterocycles. The van der Waals surface area contributed by atoms with Crippen molar-refractivity contribution in [2.45, 2.75) is 38.6 Å². The van der Waals surface area contributed by atoms with Crippen LogP contribution in [0.3, 0.4) is 0 Å². The Morgan fingerprint density at radius 1 is 1.10 bits per heavy atom. The summed E-state index contributed by atoms with van der Waals surface area (Å²) in [4.78, 5) is 43.1. The van der Waals surface area contributed by atoms with Crippen LogP contribution in [0.2, 0.25) is 0 Å². The molecule has 3 aromatic rings. The van der Waals surface area contributed by atoms with Gasteiger partial charge >= 0.3 is 6.03 Å². The minimum Gasteiger partial charge on any atom is -0.341 e. The lowest BCUT2D eigenvalue weighted by atomic mass is 9.97. The van der Waals surface area contributed by atoms with Gasteiger partial charge in [-0.05, 0) is 55.5 Å². The minimum absolute atomic E-state index is 0.0585. The number of anilines is 2. The highest BCUT2D eigenvalue weighted by molar-refractivity contribution is 7.18.